The van der Waals surface area contributed by atoms with Gasteiger partial charge in [-0.15, -0.1) is 0 Å². The van der Waals surface area contributed by atoms with Crippen LogP contribution in [0.15, 0.2) is 65.1 Å². The zero-order valence-corrected chi connectivity index (χ0v) is 24.0. The van der Waals surface area contributed by atoms with E-state index in [2.05, 4.69) is 5.32 Å². The molecule has 0 aliphatic carbocycles. The van der Waals surface area contributed by atoms with Gasteiger partial charge in [-0.2, -0.15) is 0 Å². The van der Waals surface area contributed by atoms with E-state index in [1.54, 1.807) is 6.07 Å². The van der Waals surface area contributed by atoms with Gasteiger partial charge in [0, 0.05) is 48.2 Å². The minimum Gasteiger partial charge on any atom is -0.455 e. The molecule has 1 N–H and O–H groups in total. The van der Waals surface area contributed by atoms with Crippen LogP contribution in [-0.2, 0) is 10.0 Å². The summed E-state index contributed by atoms with van der Waals surface area (Å²) in [5.74, 6) is -4.58. The molecule has 1 aromatic heterocycles. The van der Waals surface area contributed by atoms with Gasteiger partial charge in [0.1, 0.15) is 23.8 Å². The van der Waals surface area contributed by atoms with Gasteiger partial charge in [-0.1, -0.05) is 12.1 Å². The molecule has 2 heterocycles. The maximum Gasteiger partial charge on any atom is 0.267 e. The highest BCUT2D eigenvalue weighted by Crippen LogP contribution is 2.42. The van der Waals surface area contributed by atoms with Gasteiger partial charge >= 0.3 is 0 Å². The van der Waals surface area contributed by atoms with Crippen LogP contribution in [0.25, 0.3) is 33.4 Å². The molecule has 4 aromatic rings. The van der Waals surface area contributed by atoms with Crippen molar-refractivity contribution in [3.63, 3.8) is 0 Å². The molecule has 3 aromatic carbocycles. The smallest absolute Gasteiger partial charge is 0.267 e. The summed E-state index contributed by atoms with van der Waals surface area (Å²) in [6, 6.07) is 14.1. The van der Waals surface area contributed by atoms with Crippen LogP contribution in [0.1, 0.15) is 27.1 Å². The number of halogens is 4. The van der Waals surface area contributed by atoms with E-state index in [1.807, 2.05) is 0 Å². The number of anilines is 1. The first-order chi connectivity index (χ1) is 20.3. The number of benzene rings is 3. The quantitative estimate of drug-likeness (QED) is 0.264. The Morgan fingerprint density at radius 1 is 1.07 bits per heavy atom. The van der Waals surface area contributed by atoms with E-state index in [0.29, 0.717) is 11.1 Å². The van der Waals surface area contributed by atoms with Crippen molar-refractivity contribution in [1.82, 2.24) is 10.2 Å². The second-order valence-electron chi connectivity index (χ2n) is 10.2. The van der Waals surface area contributed by atoms with Gasteiger partial charge in [-0.25, -0.2) is 26.0 Å². The van der Waals surface area contributed by atoms with E-state index in [-0.39, 0.29) is 45.7 Å². The number of hydrogen-bond acceptors (Lipinski definition) is 5. The third-order valence-electron chi connectivity index (χ3n) is 7.20. The zero-order valence-electron chi connectivity index (χ0n) is 23.2. The molecule has 13 heteroatoms. The van der Waals surface area contributed by atoms with Gasteiger partial charge < -0.3 is 14.6 Å². The van der Waals surface area contributed by atoms with Crippen LogP contribution in [-0.4, -0.2) is 70.7 Å². The average molecular weight is 618 g/mol. The Morgan fingerprint density at radius 2 is 1.79 bits per heavy atom. The molecule has 1 aliphatic rings. The van der Waals surface area contributed by atoms with Gasteiger partial charge in [0.15, 0.2) is 0 Å². The van der Waals surface area contributed by atoms with E-state index < -0.39 is 59.8 Å². The number of amides is 2. The van der Waals surface area contributed by atoms with Gasteiger partial charge in [0.25, 0.3) is 17.7 Å². The van der Waals surface area contributed by atoms with Crippen molar-refractivity contribution in [2.24, 2.45) is 0 Å². The third-order valence-corrected chi connectivity index (χ3v) is 8.38. The van der Waals surface area contributed by atoms with Crippen molar-refractivity contribution in [2.45, 2.75) is 12.3 Å². The van der Waals surface area contributed by atoms with Crippen LogP contribution in [0, 0.1) is 5.82 Å². The molecule has 1 saturated heterocycles. The Kier molecular flexibility index (Phi) is 7.95. The van der Waals surface area contributed by atoms with Crippen LogP contribution in [0.3, 0.4) is 0 Å². The number of rotatable bonds is 8. The summed E-state index contributed by atoms with van der Waals surface area (Å²) in [5.41, 5.74) is 1.17. The van der Waals surface area contributed by atoms with Crippen LogP contribution < -0.4 is 9.62 Å². The molecular weight excluding hydrogens is 590 g/mol. The number of furan rings is 1. The monoisotopic (exact) mass is 617 g/mol. The summed E-state index contributed by atoms with van der Waals surface area (Å²) >= 11 is 0. The lowest BCUT2D eigenvalue weighted by atomic mass is 9.97. The van der Waals surface area contributed by atoms with Crippen molar-refractivity contribution < 1.29 is 40.0 Å². The molecule has 0 radical (unpaired) electrons. The van der Waals surface area contributed by atoms with E-state index in [0.717, 1.165) is 15.5 Å². The predicted molar refractivity (Wildman–Crippen MR) is 154 cm³/mol. The van der Waals surface area contributed by atoms with Crippen LogP contribution in [0.5, 0.6) is 0 Å². The Hall–Kier alpha value is -4.39. The Bertz CT molecular complexity index is 1820. The summed E-state index contributed by atoms with van der Waals surface area (Å²) in [4.78, 5) is 27.3. The number of fused-ring (bicyclic) bond motifs is 1. The molecule has 1 fully saturated rings. The molecule has 1 aliphatic heterocycles. The van der Waals surface area contributed by atoms with Gasteiger partial charge in [-0.05, 0) is 48.0 Å². The molecule has 2 amide bonds. The van der Waals surface area contributed by atoms with E-state index >= 15 is 0 Å². The van der Waals surface area contributed by atoms with Gasteiger partial charge in [-0.3, -0.25) is 13.9 Å². The second kappa shape index (κ2) is 11.4. The number of sulfonamides is 1. The van der Waals surface area contributed by atoms with E-state index in [9.17, 15) is 35.6 Å². The van der Waals surface area contributed by atoms with E-state index in [4.69, 9.17) is 4.42 Å². The topological polar surface area (TPSA) is 99.9 Å². The van der Waals surface area contributed by atoms with Crippen molar-refractivity contribution in [3.05, 3.63) is 77.6 Å². The fourth-order valence-electron chi connectivity index (χ4n) is 5.18. The number of carbonyl (C=O) groups is 2. The highest BCUT2D eigenvalue weighted by atomic mass is 32.2. The number of nitrogens with one attached hydrogen (secondary N) is 1. The normalized spacial score (nSPS) is 14.7. The molecule has 226 valence electrons. The van der Waals surface area contributed by atoms with Crippen molar-refractivity contribution in [3.8, 4) is 22.5 Å². The second-order valence-corrected chi connectivity index (χ2v) is 12.1. The average Bonchev–Trinajstić information content (AvgIpc) is 3.53. The minimum atomic E-state index is -4.04. The van der Waals surface area contributed by atoms with Gasteiger partial charge in [0.2, 0.25) is 10.0 Å². The zero-order chi connectivity index (χ0) is 31.1. The number of hydrogen-bond donors (Lipinski definition) is 1. The highest BCUT2D eigenvalue weighted by Gasteiger charge is 2.40. The largest absolute Gasteiger partial charge is 0.455 e. The standard InChI is InChI=1S/C30H27F4N3O5S/c1-35-28(38)26-23-15-22(19-4-3-5-20(14-19)29(39)36-12-10-30(33,34)17-36)24(37(13-11-31)43(2,40)41)16-25(23)42-27(26)18-6-8-21(32)9-7-18/h3-9,14-16H,10-13,17H2,1-2H3,(H,35,38). The van der Waals surface area contributed by atoms with Crippen LogP contribution >= 0.6 is 0 Å². The Labute approximate surface area is 244 Å². The number of nitrogens with zero attached hydrogens (tertiary/aromatic N) is 2. The molecule has 0 unspecified atom stereocenters. The number of carbonyl (C=O) groups excluding carboxylic acids is 2. The van der Waals surface area contributed by atoms with Crippen LogP contribution in [0.4, 0.5) is 23.2 Å². The lowest BCUT2D eigenvalue weighted by molar-refractivity contribution is 0.0120. The summed E-state index contributed by atoms with van der Waals surface area (Å²) in [5, 5.41) is 2.81. The maximum absolute atomic E-state index is 13.8. The van der Waals surface area contributed by atoms with Crippen molar-refractivity contribution in [2.75, 3.05) is 43.9 Å². The first-order valence-electron chi connectivity index (χ1n) is 13.2. The Morgan fingerprint density at radius 3 is 2.40 bits per heavy atom. The molecule has 0 saturated carbocycles. The predicted octanol–water partition coefficient (Wildman–Crippen LogP) is 5.48. The molecular formula is C30H27F4N3O5S. The maximum atomic E-state index is 13.8. The summed E-state index contributed by atoms with van der Waals surface area (Å²) in [6.07, 6.45) is 0.455. The summed E-state index contributed by atoms with van der Waals surface area (Å²) in [7, 11) is -2.63. The molecule has 5 rings (SSSR count). The molecule has 0 spiro atoms. The fraction of sp³-hybridized carbons (Fsp3) is 0.267. The SMILES string of the molecule is CNC(=O)c1c(-c2ccc(F)cc2)oc2cc(N(CCF)S(C)(=O)=O)c(-c3cccc(C(=O)N4CCC(F)(F)C4)c3)cc12. The molecule has 0 atom stereocenters. The highest BCUT2D eigenvalue weighted by molar-refractivity contribution is 7.92. The number of likely N-dealkylation sites (tertiary alicyclic amines) is 1. The lowest BCUT2D eigenvalue weighted by Crippen LogP contribution is -2.32. The summed E-state index contributed by atoms with van der Waals surface area (Å²) in [6.45, 7) is -2.40. The first-order valence-corrected chi connectivity index (χ1v) is 15.1. The lowest BCUT2D eigenvalue weighted by Gasteiger charge is -2.24. The van der Waals surface area contributed by atoms with Crippen molar-refractivity contribution in [1.29, 1.82) is 0 Å². The number of alkyl halides is 3. The summed E-state index contributed by atoms with van der Waals surface area (Å²) < 4.78 is 87.5. The van der Waals surface area contributed by atoms with Crippen molar-refractivity contribution >= 4 is 38.5 Å². The first kappa shape index (κ1) is 30.1. The van der Waals surface area contributed by atoms with Crippen LogP contribution in [0.2, 0.25) is 0 Å². The van der Waals surface area contributed by atoms with Gasteiger partial charge in [0.05, 0.1) is 30.6 Å². The third kappa shape index (κ3) is 5.94. The fourth-order valence-corrected chi connectivity index (χ4v) is 6.09. The molecule has 8 nitrogen and oxygen atoms in total. The minimum absolute atomic E-state index is 0.00724. The molecule has 0 bridgehead atoms. The van der Waals surface area contributed by atoms with E-state index in [1.165, 1.54) is 61.6 Å². The Balaban J connectivity index is 1.75. The molecule has 43 heavy (non-hydrogen) atoms.